The van der Waals surface area contributed by atoms with Crippen molar-refractivity contribution >= 4 is 27.8 Å². The maximum Gasteiger partial charge on any atom is 0.306 e. The number of nitrogens with zero attached hydrogens (tertiary/aromatic N) is 3. The molecule has 1 aliphatic rings. The van der Waals surface area contributed by atoms with Crippen LogP contribution in [0.25, 0.3) is 5.69 Å². The first-order chi connectivity index (χ1) is 11.5. The lowest BCUT2D eigenvalue weighted by atomic mass is 10.2. The second-order valence-electron chi connectivity index (χ2n) is 5.47. The number of hydrogen-bond donors (Lipinski definition) is 1. The van der Waals surface area contributed by atoms with E-state index in [1.165, 1.54) is 0 Å². The van der Waals surface area contributed by atoms with Crippen molar-refractivity contribution in [2.75, 3.05) is 19.7 Å². The van der Waals surface area contributed by atoms with Gasteiger partial charge in [0.2, 0.25) is 0 Å². The van der Waals surface area contributed by atoms with Crippen LogP contribution in [0.2, 0.25) is 0 Å². The van der Waals surface area contributed by atoms with E-state index in [0.29, 0.717) is 18.8 Å². The van der Waals surface area contributed by atoms with Gasteiger partial charge >= 0.3 is 5.97 Å². The molecule has 7 nitrogen and oxygen atoms in total. The molecule has 0 aliphatic carbocycles. The van der Waals surface area contributed by atoms with Gasteiger partial charge in [0.05, 0.1) is 24.8 Å². The molecule has 126 valence electrons. The number of benzene rings is 1. The first kappa shape index (κ1) is 16.7. The van der Waals surface area contributed by atoms with Gasteiger partial charge in [-0.2, -0.15) is 5.10 Å². The Balaban J connectivity index is 1.72. The summed E-state index contributed by atoms with van der Waals surface area (Å²) in [6.07, 6.45) is 1.13. The third-order valence-electron chi connectivity index (χ3n) is 3.71. The molecular formula is C16H16BrN3O4. The van der Waals surface area contributed by atoms with Gasteiger partial charge in [-0.15, -0.1) is 0 Å². The zero-order valence-electron chi connectivity index (χ0n) is 12.8. The average molecular weight is 394 g/mol. The van der Waals surface area contributed by atoms with E-state index in [1.807, 2.05) is 24.3 Å². The molecule has 1 aromatic heterocycles. The molecule has 1 unspecified atom stereocenters. The molecule has 1 N–H and O–H groups in total. The molecule has 1 saturated heterocycles. The monoisotopic (exact) mass is 393 g/mol. The predicted octanol–water partition coefficient (Wildman–Crippen LogP) is 1.95. The SMILES string of the molecule is O=C(O)CC1CN(C(=O)c2ccn(-c3cccc(Br)c3)n2)CCO1. The minimum Gasteiger partial charge on any atom is -0.481 e. The molecule has 0 saturated carbocycles. The summed E-state index contributed by atoms with van der Waals surface area (Å²) in [5.74, 6) is -1.16. The number of carboxylic acid groups (broad SMARTS) is 1. The Morgan fingerprint density at radius 2 is 2.21 bits per heavy atom. The second kappa shape index (κ2) is 7.14. The Morgan fingerprint density at radius 3 is 2.96 bits per heavy atom. The van der Waals surface area contributed by atoms with Crippen LogP contribution in [0.3, 0.4) is 0 Å². The van der Waals surface area contributed by atoms with Crippen molar-refractivity contribution in [2.45, 2.75) is 12.5 Å². The Labute approximate surface area is 147 Å². The van der Waals surface area contributed by atoms with Gasteiger partial charge in [-0.1, -0.05) is 22.0 Å². The van der Waals surface area contributed by atoms with Gasteiger partial charge in [-0.25, -0.2) is 4.68 Å². The fourth-order valence-electron chi connectivity index (χ4n) is 2.58. The molecule has 2 aromatic rings. The van der Waals surface area contributed by atoms with Crippen LogP contribution in [0.15, 0.2) is 41.0 Å². The highest BCUT2D eigenvalue weighted by Gasteiger charge is 2.27. The summed E-state index contributed by atoms with van der Waals surface area (Å²) in [6, 6.07) is 9.25. The number of amides is 1. The van der Waals surface area contributed by atoms with E-state index in [1.54, 1.807) is 21.8 Å². The molecule has 1 amide bonds. The van der Waals surface area contributed by atoms with Crippen LogP contribution in [0, 0.1) is 0 Å². The number of morpholine rings is 1. The van der Waals surface area contributed by atoms with Crippen LogP contribution < -0.4 is 0 Å². The summed E-state index contributed by atoms with van der Waals surface area (Å²) in [4.78, 5) is 25.0. The number of carbonyl (C=O) groups is 2. The third-order valence-corrected chi connectivity index (χ3v) is 4.20. The first-order valence-electron chi connectivity index (χ1n) is 7.47. The summed E-state index contributed by atoms with van der Waals surface area (Å²) in [5, 5.41) is 13.2. The summed E-state index contributed by atoms with van der Waals surface area (Å²) < 4.78 is 7.94. The van der Waals surface area contributed by atoms with Crippen molar-refractivity contribution in [1.82, 2.24) is 14.7 Å². The molecule has 1 atom stereocenters. The van der Waals surface area contributed by atoms with Crippen molar-refractivity contribution in [2.24, 2.45) is 0 Å². The van der Waals surface area contributed by atoms with E-state index in [0.717, 1.165) is 10.2 Å². The van der Waals surface area contributed by atoms with E-state index < -0.39 is 12.1 Å². The van der Waals surface area contributed by atoms with Crippen LogP contribution in [-0.4, -0.2) is 57.5 Å². The van der Waals surface area contributed by atoms with E-state index >= 15 is 0 Å². The van der Waals surface area contributed by atoms with E-state index in [-0.39, 0.29) is 18.9 Å². The van der Waals surface area contributed by atoms with Crippen LogP contribution >= 0.6 is 15.9 Å². The summed E-state index contributed by atoms with van der Waals surface area (Å²) >= 11 is 3.41. The number of hydrogen-bond acceptors (Lipinski definition) is 4. The van der Waals surface area contributed by atoms with E-state index in [2.05, 4.69) is 21.0 Å². The van der Waals surface area contributed by atoms with Crippen LogP contribution in [0.5, 0.6) is 0 Å². The molecule has 2 heterocycles. The molecule has 1 fully saturated rings. The number of aromatic nitrogens is 2. The van der Waals surface area contributed by atoms with Crippen molar-refractivity contribution in [3.05, 3.63) is 46.7 Å². The number of aliphatic carboxylic acids is 1. The Morgan fingerprint density at radius 1 is 1.38 bits per heavy atom. The fraction of sp³-hybridized carbons (Fsp3) is 0.312. The highest BCUT2D eigenvalue weighted by atomic mass is 79.9. The zero-order valence-corrected chi connectivity index (χ0v) is 14.3. The molecule has 0 bridgehead atoms. The van der Waals surface area contributed by atoms with Crippen molar-refractivity contribution in [1.29, 1.82) is 0 Å². The molecule has 1 aromatic carbocycles. The molecule has 0 spiro atoms. The molecule has 8 heteroatoms. The van der Waals surface area contributed by atoms with Gasteiger partial charge in [0.15, 0.2) is 5.69 Å². The molecule has 1 aliphatic heterocycles. The molecule has 0 radical (unpaired) electrons. The van der Waals surface area contributed by atoms with Gasteiger partial charge in [-0.3, -0.25) is 9.59 Å². The van der Waals surface area contributed by atoms with Crippen LogP contribution in [-0.2, 0) is 9.53 Å². The number of carbonyl (C=O) groups excluding carboxylic acids is 1. The Hall–Kier alpha value is -2.19. The number of halogens is 1. The lowest BCUT2D eigenvalue weighted by Gasteiger charge is -2.31. The van der Waals surface area contributed by atoms with Gasteiger partial charge in [-0.05, 0) is 24.3 Å². The molecule has 3 rings (SSSR count). The Bertz CT molecular complexity index is 761. The number of carboxylic acids is 1. The maximum atomic E-state index is 12.6. The molecular weight excluding hydrogens is 378 g/mol. The summed E-state index contributed by atoms with van der Waals surface area (Å²) in [7, 11) is 0. The molecule has 24 heavy (non-hydrogen) atoms. The minimum atomic E-state index is -0.937. The second-order valence-corrected chi connectivity index (χ2v) is 6.38. The minimum absolute atomic E-state index is 0.115. The summed E-state index contributed by atoms with van der Waals surface area (Å²) in [5.41, 5.74) is 1.17. The number of rotatable bonds is 4. The van der Waals surface area contributed by atoms with E-state index in [4.69, 9.17) is 9.84 Å². The first-order valence-corrected chi connectivity index (χ1v) is 8.26. The number of ether oxygens (including phenoxy) is 1. The van der Waals surface area contributed by atoms with Gasteiger partial charge < -0.3 is 14.7 Å². The highest BCUT2D eigenvalue weighted by molar-refractivity contribution is 9.10. The zero-order chi connectivity index (χ0) is 17.1. The van der Waals surface area contributed by atoms with Gasteiger partial charge in [0, 0.05) is 23.8 Å². The van der Waals surface area contributed by atoms with Gasteiger partial charge in [0.25, 0.3) is 5.91 Å². The lowest BCUT2D eigenvalue weighted by Crippen LogP contribution is -2.46. The normalized spacial score (nSPS) is 17.7. The highest BCUT2D eigenvalue weighted by Crippen LogP contribution is 2.16. The van der Waals surface area contributed by atoms with Crippen LogP contribution in [0.4, 0.5) is 0 Å². The van der Waals surface area contributed by atoms with Crippen molar-refractivity contribution in [3.63, 3.8) is 0 Å². The fourth-order valence-corrected chi connectivity index (χ4v) is 2.97. The van der Waals surface area contributed by atoms with E-state index in [9.17, 15) is 9.59 Å². The van der Waals surface area contributed by atoms with Crippen molar-refractivity contribution < 1.29 is 19.4 Å². The Kier molecular flexibility index (Phi) is 4.96. The summed E-state index contributed by atoms with van der Waals surface area (Å²) in [6.45, 7) is 1.02. The lowest BCUT2D eigenvalue weighted by molar-refractivity contribution is -0.141. The third kappa shape index (κ3) is 3.82. The van der Waals surface area contributed by atoms with Crippen LogP contribution in [0.1, 0.15) is 16.9 Å². The largest absolute Gasteiger partial charge is 0.481 e. The average Bonchev–Trinajstić information content (AvgIpc) is 3.04. The topological polar surface area (TPSA) is 84.7 Å². The standard InChI is InChI=1S/C16H16BrN3O4/c17-11-2-1-3-12(8-11)20-5-4-14(18-20)16(23)19-6-7-24-13(10-19)9-15(21)22/h1-5,8,13H,6-7,9-10H2,(H,21,22). The quantitative estimate of drug-likeness (QED) is 0.857. The maximum absolute atomic E-state index is 12.6. The van der Waals surface area contributed by atoms with Crippen molar-refractivity contribution in [3.8, 4) is 5.69 Å². The smallest absolute Gasteiger partial charge is 0.306 e. The predicted molar refractivity (Wildman–Crippen MR) is 89.2 cm³/mol. The van der Waals surface area contributed by atoms with Gasteiger partial charge in [0.1, 0.15) is 0 Å².